The highest BCUT2D eigenvalue weighted by Gasteiger charge is 2.46. The Kier molecular flexibility index (Phi) is 5.55. The second-order valence-electron chi connectivity index (χ2n) is 8.97. The van der Waals surface area contributed by atoms with Gasteiger partial charge in [0.1, 0.15) is 11.6 Å². The normalized spacial score (nSPS) is 20.2. The second kappa shape index (κ2) is 8.19. The van der Waals surface area contributed by atoms with Crippen molar-refractivity contribution >= 4 is 17.4 Å². The molecule has 0 bridgehead atoms. The zero-order valence-electron chi connectivity index (χ0n) is 18.8. The highest BCUT2D eigenvalue weighted by Crippen LogP contribution is 2.50. The van der Waals surface area contributed by atoms with Crippen molar-refractivity contribution in [3.8, 4) is 5.75 Å². The molecule has 1 aliphatic carbocycles. The Hall–Kier alpha value is -3.54. The van der Waals surface area contributed by atoms with Crippen molar-refractivity contribution in [3.63, 3.8) is 0 Å². The topological polar surface area (TPSA) is 81.9 Å². The number of hydrogen-bond acceptors (Lipinski definition) is 6. The summed E-state index contributed by atoms with van der Waals surface area (Å²) in [5, 5.41) is 0. The maximum Gasteiger partial charge on any atom is 0.338 e. The predicted molar refractivity (Wildman–Crippen MR) is 123 cm³/mol. The average Bonchev–Trinajstić information content (AvgIpc) is 2.77. The molecule has 1 aliphatic heterocycles. The fraction of sp³-hybridized carbons (Fsp3) is 0.308. The molecule has 2 aromatic carbocycles. The van der Waals surface area contributed by atoms with Crippen LogP contribution in [0, 0.1) is 5.41 Å². The van der Waals surface area contributed by atoms with Crippen molar-refractivity contribution < 1.29 is 19.1 Å². The molecule has 2 aliphatic rings. The van der Waals surface area contributed by atoms with E-state index in [-0.39, 0.29) is 22.6 Å². The zero-order valence-corrected chi connectivity index (χ0v) is 18.8. The van der Waals surface area contributed by atoms with Crippen molar-refractivity contribution in [3.05, 3.63) is 82.8 Å². The molecule has 1 atom stereocenters. The van der Waals surface area contributed by atoms with E-state index in [1.54, 1.807) is 7.11 Å². The van der Waals surface area contributed by atoms with Gasteiger partial charge in [-0.05, 0) is 41.7 Å². The van der Waals surface area contributed by atoms with Gasteiger partial charge < -0.3 is 15.2 Å². The molecule has 6 heteroatoms. The molecule has 0 radical (unpaired) electrons. The molecule has 32 heavy (non-hydrogen) atoms. The van der Waals surface area contributed by atoms with Crippen molar-refractivity contribution in [2.45, 2.75) is 32.6 Å². The van der Waals surface area contributed by atoms with Gasteiger partial charge in [-0.3, -0.25) is 9.69 Å². The predicted octanol–water partition coefficient (Wildman–Crippen LogP) is 4.29. The van der Waals surface area contributed by atoms with Gasteiger partial charge in [-0.2, -0.15) is 0 Å². The van der Waals surface area contributed by atoms with Gasteiger partial charge in [-0.15, -0.1) is 0 Å². The van der Waals surface area contributed by atoms with Crippen LogP contribution in [-0.4, -0.2) is 26.0 Å². The fourth-order valence-corrected chi connectivity index (χ4v) is 4.72. The Labute approximate surface area is 188 Å². The molecule has 0 aromatic heterocycles. The summed E-state index contributed by atoms with van der Waals surface area (Å²) >= 11 is 0. The Bertz CT molecular complexity index is 1110. The van der Waals surface area contributed by atoms with Gasteiger partial charge in [0.05, 0.1) is 25.7 Å². The first-order valence-corrected chi connectivity index (χ1v) is 10.6. The van der Waals surface area contributed by atoms with Crippen LogP contribution in [0.2, 0.25) is 0 Å². The van der Waals surface area contributed by atoms with E-state index in [0.29, 0.717) is 24.2 Å². The quantitative estimate of drug-likeness (QED) is 0.726. The standard InChI is InChI=1S/C26H28N2O4/c1-26(2)14-19-22(20(29)15-26)21(16-10-12-18(31-3)13-11-16)23(25(30)32-4)24(27)28(19)17-8-6-5-7-9-17/h5-13,21H,14-15,27H2,1-4H3/t21-/m1/s1. The summed E-state index contributed by atoms with van der Waals surface area (Å²) in [6.45, 7) is 4.16. The maximum atomic E-state index is 13.6. The van der Waals surface area contributed by atoms with Gasteiger partial charge in [0.15, 0.2) is 5.78 Å². The van der Waals surface area contributed by atoms with E-state index in [0.717, 1.165) is 16.9 Å². The molecular formula is C26H28N2O4. The van der Waals surface area contributed by atoms with Crippen LogP contribution in [-0.2, 0) is 14.3 Å². The Morgan fingerprint density at radius 2 is 1.69 bits per heavy atom. The van der Waals surface area contributed by atoms with Crippen LogP contribution < -0.4 is 15.4 Å². The minimum absolute atomic E-state index is 0.0203. The molecular weight excluding hydrogens is 404 g/mol. The van der Waals surface area contributed by atoms with Gasteiger partial charge in [0, 0.05) is 23.4 Å². The van der Waals surface area contributed by atoms with Crippen LogP contribution >= 0.6 is 0 Å². The Morgan fingerprint density at radius 1 is 1.03 bits per heavy atom. The van der Waals surface area contributed by atoms with Crippen LogP contribution in [0.15, 0.2) is 77.3 Å². The van der Waals surface area contributed by atoms with E-state index in [2.05, 4.69) is 13.8 Å². The number of nitrogens with zero attached hydrogens (tertiary/aromatic N) is 1. The Balaban J connectivity index is 2.00. The van der Waals surface area contributed by atoms with E-state index in [1.165, 1.54) is 7.11 Å². The van der Waals surface area contributed by atoms with Crippen LogP contribution in [0.5, 0.6) is 5.75 Å². The Morgan fingerprint density at radius 3 is 2.28 bits per heavy atom. The molecule has 0 spiro atoms. The lowest BCUT2D eigenvalue weighted by Crippen LogP contribution is -2.43. The molecule has 1 heterocycles. The number of carbonyl (C=O) groups is 2. The highest BCUT2D eigenvalue weighted by molar-refractivity contribution is 6.05. The van der Waals surface area contributed by atoms with Crippen molar-refractivity contribution in [1.29, 1.82) is 0 Å². The minimum Gasteiger partial charge on any atom is -0.497 e. The SMILES string of the molecule is COC(=O)C1=C(N)N(c2ccccc2)C2=C(C(=O)CC(C)(C)C2)[C@H]1c1ccc(OC)cc1. The first-order chi connectivity index (χ1) is 15.3. The molecule has 0 saturated carbocycles. The molecule has 0 saturated heterocycles. The number of ketones is 1. The van der Waals surface area contributed by atoms with Gasteiger partial charge in [-0.25, -0.2) is 4.79 Å². The summed E-state index contributed by atoms with van der Waals surface area (Å²) in [6.07, 6.45) is 1.06. The number of esters is 1. The fourth-order valence-electron chi connectivity index (χ4n) is 4.72. The van der Waals surface area contributed by atoms with E-state index < -0.39 is 11.9 Å². The number of ether oxygens (including phenoxy) is 2. The molecule has 2 N–H and O–H groups in total. The van der Waals surface area contributed by atoms with E-state index in [9.17, 15) is 9.59 Å². The number of anilines is 1. The van der Waals surface area contributed by atoms with Crippen LogP contribution in [0.1, 0.15) is 38.2 Å². The minimum atomic E-state index is -0.605. The molecule has 6 nitrogen and oxygen atoms in total. The molecule has 2 aromatic rings. The molecule has 0 fully saturated rings. The van der Waals surface area contributed by atoms with Crippen LogP contribution in [0.4, 0.5) is 5.69 Å². The van der Waals surface area contributed by atoms with Crippen molar-refractivity contribution in [2.75, 3.05) is 19.1 Å². The number of Topliss-reactive ketones (excluding diaryl/α,β-unsaturated/α-hetero) is 1. The molecule has 166 valence electrons. The van der Waals surface area contributed by atoms with Crippen LogP contribution in [0.3, 0.4) is 0 Å². The summed E-state index contributed by atoms with van der Waals surface area (Å²) in [7, 11) is 2.93. The zero-order chi connectivity index (χ0) is 23.0. The van der Waals surface area contributed by atoms with Gasteiger partial charge in [0.25, 0.3) is 0 Å². The largest absolute Gasteiger partial charge is 0.497 e. The molecule has 0 amide bonds. The summed E-state index contributed by atoms with van der Waals surface area (Å²) in [5.74, 6) is -0.155. The van der Waals surface area contributed by atoms with E-state index >= 15 is 0 Å². The first kappa shape index (κ1) is 21.7. The van der Waals surface area contributed by atoms with E-state index in [4.69, 9.17) is 15.2 Å². The number of carbonyl (C=O) groups excluding carboxylic acids is 2. The van der Waals surface area contributed by atoms with Gasteiger partial charge >= 0.3 is 5.97 Å². The van der Waals surface area contributed by atoms with Crippen molar-refractivity contribution in [1.82, 2.24) is 0 Å². The number of allylic oxidation sites excluding steroid dienone is 2. The lowest BCUT2D eigenvalue weighted by Gasteiger charge is -2.44. The van der Waals surface area contributed by atoms with Gasteiger partial charge in [0.2, 0.25) is 0 Å². The smallest absolute Gasteiger partial charge is 0.338 e. The molecule has 0 unspecified atom stereocenters. The number of benzene rings is 2. The lowest BCUT2D eigenvalue weighted by atomic mass is 9.68. The van der Waals surface area contributed by atoms with E-state index in [1.807, 2.05) is 59.5 Å². The summed E-state index contributed by atoms with van der Waals surface area (Å²) in [4.78, 5) is 28.4. The molecule has 4 rings (SSSR count). The average molecular weight is 433 g/mol. The summed E-state index contributed by atoms with van der Waals surface area (Å²) in [6, 6.07) is 17.0. The third kappa shape index (κ3) is 3.66. The number of para-hydroxylation sites is 1. The number of hydrogen-bond donors (Lipinski definition) is 1. The number of nitrogens with two attached hydrogens (primary N) is 1. The maximum absolute atomic E-state index is 13.6. The number of methoxy groups -OCH3 is 2. The van der Waals surface area contributed by atoms with Crippen LogP contribution in [0.25, 0.3) is 0 Å². The summed E-state index contributed by atoms with van der Waals surface area (Å²) < 4.78 is 10.4. The van der Waals surface area contributed by atoms with Gasteiger partial charge in [-0.1, -0.05) is 44.2 Å². The van der Waals surface area contributed by atoms with Crippen molar-refractivity contribution in [2.24, 2.45) is 11.1 Å². The lowest BCUT2D eigenvalue weighted by molar-refractivity contribution is -0.136. The third-order valence-electron chi connectivity index (χ3n) is 6.13. The third-order valence-corrected chi connectivity index (χ3v) is 6.13. The summed E-state index contributed by atoms with van der Waals surface area (Å²) in [5.41, 5.74) is 9.78. The second-order valence-corrected chi connectivity index (χ2v) is 8.97. The highest BCUT2D eigenvalue weighted by atomic mass is 16.5. The number of rotatable bonds is 4. The monoisotopic (exact) mass is 432 g/mol. The first-order valence-electron chi connectivity index (χ1n) is 10.6.